The van der Waals surface area contributed by atoms with Crippen LogP contribution in [0.2, 0.25) is 0 Å². The van der Waals surface area contributed by atoms with E-state index in [0.29, 0.717) is 30.7 Å². The van der Waals surface area contributed by atoms with Gasteiger partial charge in [0, 0.05) is 13.1 Å². The molecule has 2 aromatic rings. The number of carbonyl (C=O) groups excluding carboxylic acids is 1. The summed E-state index contributed by atoms with van der Waals surface area (Å²) in [6.45, 7) is 3.25. The Hall–Kier alpha value is -2.70. The second-order valence-electron chi connectivity index (χ2n) is 6.18. The minimum absolute atomic E-state index is 0.119. The molecule has 0 radical (unpaired) electrons. The fourth-order valence-electron chi connectivity index (χ4n) is 2.66. The minimum Gasteiger partial charge on any atom is -0.468 e. The molecule has 0 aliphatic rings. The van der Waals surface area contributed by atoms with E-state index in [1.807, 2.05) is 6.92 Å². The van der Waals surface area contributed by atoms with Gasteiger partial charge < -0.3 is 25.5 Å². The number of hydrogen-bond donors (Lipinski definition) is 3. The normalized spacial score (nSPS) is 12.2. The Labute approximate surface area is 167 Å². The van der Waals surface area contributed by atoms with Crippen LogP contribution >= 0.6 is 0 Å². The predicted molar refractivity (Wildman–Crippen MR) is 104 cm³/mol. The van der Waals surface area contributed by atoms with Crippen molar-refractivity contribution in [3.63, 3.8) is 0 Å². The third-order valence-electron chi connectivity index (χ3n) is 4.18. The monoisotopic (exact) mass is 412 g/mol. The maximum atomic E-state index is 12.3. The Balaban J connectivity index is 2.10. The highest BCUT2D eigenvalue weighted by Gasteiger charge is 2.19. The molecular formula is C17H28N6O6. The molecule has 0 unspecified atom stereocenters. The summed E-state index contributed by atoms with van der Waals surface area (Å²) in [5.74, 6) is -0.302. The molecule has 2 aromatic heterocycles. The lowest BCUT2D eigenvalue weighted by Crippen LogP contribution is -2.40. The number of ether oxygens (including phenoxy) is 2. The zero-order chi connectivity index (χ0) is 21.2. The Morgan fingerprint density at radius 2 is 2.10 bits per heavy atom. The number of H-pyrrole nitrogens is 1. The fourth-order valence-corrected chi connectivity index (χ4v) is 2.66. The van der Waals surface area contributed by atoms with Gasteiger partial charge in [-0.15, -0.1) is 0 Å². The van der Waals surface area contributed by atoms with Gasteiger partial charge in [-0.3, -0.25) is 9.36 Å². The van der Waals surface area contributed by atoms with Crippen LogP contribution in [0.3, 0.4) is 0 Å². The molecule has 0 saturated carbocycles. The van der Waals surface area contributed by atoms with Gasteiger partial charge in [-0.25, -0.2) is 14.6 Å². The lowest BCUT2D eigenvalue weighted by molar-refractivity contribution is -0.273. The molecule has 162 valence electrons. The van der Waals surface area contributed by atoms with E-state index in [-0.39, 0.29) is 30.7 Å². The first kappa shape index (κ1) is 22.6. The molecule has 12 nitrogen and oxygen atoms in total. The topological polar surface area (TPSA) is 156 Å². The van der Waals surface area contributed by atoms with E-state index in [9.17, 15) is 9.59 Å². The van der Waals surface area contributed by atoms with Crippen molar-refractivity contribution in [2.75, 3.05) is 39.7 Å². The van der Waals surface area contributed by atoms with E-state index in [0.717, 1.165) is 12.8 Å². The second kappa shape index (κ2) is 11.3. The summed E-state index contributed by atoms with van der Waals surface area (Å²) in [5, 5.41) is 3.04. The van der Waals surface area contributed by atoms with E-state index in [1.165, 1.54) is 18.8 Å². The number of rotatable bonds is 13. The maximum Gasteiger partial charge on any atom is 0.327 e. The number of esters is 1. The van der Waals surface area contributed by atoms with Crippen molar-refractivity contribution in [3.05, 3.63) is 10.5 Å². The summed E-state index contributed by atoms with van der Waals surface area (Å²) in [5.41, 5.74) is 6.23. The molecule has 4 N–H and O–H groups in total. The number of fused-ring (bicyclic) bond motifs is 1. The molecule has 0 aromatic carbocycles. The van der Waals surface area contributed by atoms with Crippen LogP contribution in [0.25, 0.3) is 11.2 Å². The molecule has 29 heavy (non-hydrogen) atoms. The number of imidazole rings is 1. The van der Waals surface area contributed by atoms with Crippen molar-refractivity contribution in [1.82, 2.24) is 24.8 Å². The first-order chi connectivity index (χ1) is 14.0. The molecule has 1 atom stereocenters. The Kier molecular flexibility index (Phi) is 8.83. The standard InChI is InChI=1S/C17H28N6O6/c1-4-5-9-28-16-21-13(18)12-14(22-16)23(17(25)20-12)8-7-19-11(15(24)26-2)6-10-29-27-3/h11,19H,4-10H2,1-3H3,(H,20,25)(H2,18,21,22)/t11-/m0/s1. The second-order valence-corrected chi connectivity index (χ2v) is 6.18. The number of aromatic amines is 1. The molecule has 0 aliphatic carbocycles. The van der Waals surface area contributed by atoms with Gasteiger partial charge in [0.15, 0.2) is 11.5 Å². The fraction of sp³-hybridized carbons (Fsp3) is 0.647. The minimum atomic E-state index is -0.608. The number of nitrogens with one attached hydrogen (secondary N) is 2. The first-order valence-corrected chi connectivity index (χ1v) is 9.37. The van der Waals surface area contributed by atoms with Gasteiger partial charge >= 0.3 is 17.7 Å². The van der Waals surface area contributed by atoms with Crippen LogP contribution in [0.15, 0.2) is 4.79 Å². The highest BCUT2D eigenvalue weighted by atomic mass is 17.2. The summed E-state index contributed by atoms with van der Waals surface area (Å²) in [6.07, 6.45) is 2.16. The first-order valence-electron chi connectivity index (χ1n) is 9.37. The van der Waals surface area contributed by atoms with Crippen molar-refractivity contribution in [3.8, 4) is 6.01 Å². The van der Waals surface area contributed by atoms with Crippen LogP contribution in [0.5, 0.6) is 6.01 Å². The average Bonchev–Trinajstić information content (AvgIpc) is 3.02. The highest BCUT2D eigenvalue weighted by Crippen LogP contribution is 2.17. The number of unbranched alkanes of at least 4 members (excludes halogenated alkanes) is 1. The van der Waals surface area contributed by atoms with E-state index in [1.54, 1.807) is 0 Å². The van der Waals surface area contributed by atoms with E-state index in [2.05, 4.69) is 25.2 Å². The zero-order valence-electron chi connectivity index (χ0n) is 16.9. The number of aromatic nitrogens is 4. The molecule has 0 bridgehead atoms. The molecule has 2 rings (SSSR count). The SMILES string of the molecule is CCCCOc1nc(N)c2[nH]c(=O)n(CCN[C@@H](CCOOC)C(=O)OC)c2n1. The Morgan fingerprint density at radius 1 is 1.31 bits per heavy atom. The van der Waals surface area contributed by atoms with Crippen LogP contribution in [-0.2, 0) is 25.9 Å². The molecule has 12 heteroatoms. The van der Waals surface area contributed by atoms with Gasteiger partial charge in [-0.05, 0) is 12.8 Å². The summed E-state index contributed by atoms with van der Waals surface area (Å²) in [6, 6.07) is -0.489. The van der Waals surface area contributed by atoms with Gasteiger partial charge in [0.05, 0.1) is 27.4 Å². The van der Waals surface area contributed by atoms with Crippen molar-refractivity contribution in [2.24, 2.45) is 0 Å². The smallest absolute Gasteiger partial charge is 0.327 e. The van der Waals surface area contributed by atoms with Crippen molar-refractivity contribution in [1.29, 1.82) is 0 Å². The number of carbonyl (C=O) groups is 1. The summed E-state index contributed by atoms with van der Waals surface area (Å²) < 4.78 is 11.7. The van der Waals surface area contributed by atoms with Gasteiger partial charge in [-0.1, -0.05) is 13.3 Å². The van der Waals surface area contributed by atoms with Gasteiger partial charge in [-0.2, -0.15) is 9.97 Å². The summed E-state index contributed by atoms with van der Waals surface area (Å²) >= 11 is 0. The van der Waals surface area contributed by atoms with Gasteiger partial charge in [0.25, 0.3) is 0 Å². The van der Waals surface area contributed by atoms with E-state index < -0.39 is 12.0 Å². The number of anilines is 1. The van der Waals surface area contributed by atoms with Crippen molar-refractivity contribution >= 4 is 23.0 Å². The number of methoxy groups -OCH3 is 1. The predicted octanol–water partition coefficient (Wildman–Crippen LogP) is -0.0200. The third kappa shape index (κ3) is 6.14. The summed E-state index contributed by atoms with van der Waals surface area (Å²) in [4.78, 5) is 44.6. The van der Waals surface area contributed by atoms with Crippen LogP contribution in [0.4, 0.5) is 5.82 Å². The lowest BCUT2D eigenvalue weighted by atomic mass is 10.2. The maximum absolute atomic E-state index is 12.3. The molecule has 2 heterocycles. The Morgan fingerprint density at radius 3 is 2.79 bits per heavy atom. The number of nitrogen functional groups attached to an aromatic ring is 1. The quantitative estimate of drug-likeness (QED) is 0.177. The van der Waals surface area contributed by atoms with E-state index >= 15 is 0 Å². The zero-order valence-corrected chi connectivity index (χ0v) is 16.9. The molecule has 0 amide bonds. The lowest BCUT2D eigenvalue weighted by Gasteiger charge is -2.16. The Bertz CT molecular complexity index is 851. The van der Waals surface area contributed by atoms with Crippen molar-refractivity contribution < 1.29 is 24.0 Å². The van der Waals surface area contributed by atoms with Crippen LogP contribution in [0.1, 0.15) is 26.2 Å². The number of nitrogens with zero attached hydrogens (tertiary/aromatic N) is 3. The summed E-state index contributed by atoms with van der Waals surface area (Å²) in [7, 11) is 2.69. The van der Waals surface area contributed by atoms with E-state index in [4.69, 9.17) is 20.1 Å². The third-order valence-corrected chi connectivity index (χ3v) is 4.18. The number of hydrogen-bond acceptors (Lipinski definition) is 10. The van der Waals surface area contributed by atoms with Crippen LogP contribution < -0.4 is 21.5 Å². The van der Waals surface area contributed by atoms with Crippen LogP contribution in [-0.4, -0.2) is 65.5 Å². The molecule has 0 saturated heterocycles. The van der Waals surface area contributed by atoms with Gasteiger partial charge in [0.2, 0.25) is 0 Å². The van der Waals surface area contributed by atoms with Crippen LogP contribution in [0, 0.1) is 0 Å². The van der Waals surface area contributed by atoms with Gasteiger partial charge in [0.1, 0.15) is 11.6 Å². The molecule has 0 fully saturated rings. The highest BCUT2D eigenvalue weighted by molar-refractivity contribution is 5.81. The number of nitrogens with two attached hydrogens (primary N) is 1. The average molecular weight is 412 g/mol. The molecule has 0 spiro atoms. The molecular weight excluding hydrogens is 384 g/mol. The van der Waals surface area contributed by atoms with Crippen molar-refractivity contribution in [2.45, 2.75) is 38.8 Å². The molecule has 0 aliphatic heterocycles. The largest absolute Gasteiger partial charge is 0.468 e.